The van der Waals surface area contributed by atoms with E-state index in [1.54, 1.807) is 24.3 Å². The van der Waals surface area contributed by atoms with E-state index >= 15 is 0 Å². The molecular formula is C17H11Br2NO2. The smallest absolute Gasteiger partial charge is 0.202 e. The molecular weight excluding hydrogens is 410 g/mol. The van der Waals surface area contributed by atoms with Crippen molar-refractivity contribution in [1.29, 1.82) is 0 Å². The van der Waals surface area contributed by atoms with E-state index < -0.39 is 0 Å². The topological polar surface area (TPSA) is 53.1 Å². The largest absolute Gasteiger partial charge is 0.506 e. The van der Waals surface area contributed by atoms with E-state index in [9.17, 15) is 9.90 Å². The quantitative estimate of drug-likeness (QED) is 0.446. The van der Waals surface area contributed by atoms with Crippen molar-refractivity contribution in [3.63, 3.8) is 0 Å². The fraction of sp³-hybridized carbons (Fsp3) is 0. The van der Waals surface area contributed by atoms with Crippen LogP contribution in [0.2, 0.25) is 0 Å². The first-order chi connectivity index (χ1) is 10.5. The van der Waals surface area contributed by atoms with Gasteiger partial charge in [0.1, 0.15) is 5.75 Å². The van der Waals surface area contributed by atoms with Gasteiger partial charge in [0.05, 0.1) is 10.2 Å². The molecule has 3 rings (SSSR count). The molecule has 1 heterocycles. The van der Waals surface area contributed by atoms with Gasteiger partial charge in [-0.2, -0.15) is 0 Å². The molecule has 0 amide bonds. The molecule has 2 aromatic carbocycles. The van der Waals surface area contributed by atoms with Crippen molar-refractivity contribution >= 4 is 54.6 Å². The Hall–Kier alpha value is -1.85. The minimum Gasteiger partial charge on any atom is -0.506 e. The molecule has 0 fully saturated rings. The number of fused-ring (bicyclic) bond motifs is 1. The highest BCUT2D eigenvalue weighted by Gasteiger charge is 2.08. The summed E-state index contributed by atoms with van der Waals surface area (Å²) in [4.78, 5) is 15.3. The maximum Gasteiger partial charge on any atom is 0.202 e. The number of carbonyl (C=O) groups excluding carboxylic acids is 1. The van der Waals surface area contributed by atoms with E-state index in [0.717, 1.165) is 15.4 Å². The van der Waals surface area contributed by atoms with Crippen molar-refractivity contribution in [2.45, 2.75) is 0 Å². The Bertz CT molecular complexity index is 897. The summed E-state index contributed by atoms with van der Waals surface area (Å²) in [5.74, 6) is -0.0289. The molecule has 0 atom stereocenters. The number of hydrogen-bond donors (Lipinski definition) is 2. The average molecular weight is 421 g/mol. The predicted molar refractivity (Wildman–Crippen MR) is 95.2 cm³/mol. The molecule has 0 radical (unpaired) electrons. The molecule has 0 spiro atoms. The van der Waals surface area contributed by atoms with Crippen molar-refractivity contribution in [3.05, 3.63) is 68.7 Å². The van der Waals surface area contributed by atoms with Crippen LogP contribution in [-0.4, -0.2) is 15.9 Å². The summed E-state index contributed by atoms with van der Waals surface area (Å²) in [5, 5.41) is 10.9. The predicted octanol–water partition coefficient (Wildman–Crippen LogP) is 5.29. The number of aromatic nitrogens is 1. The highest BCUT2D eigenvalue weighted by Crippen LogP contribution is 2.28. The van der Waals surface area contributed by atoms with Crippen LogP contribution in [0.25, 0.3) is 17.0 Å². The molecule has 0 aliphatic carbocycles. The Labute approximate surface area is 143 Å². The van der Waals surface area contributed by atoms with E-state index in [4.69, 9.17) is 0 Å². The Morgan fingerprint density at radius 3 is 2.77 bits per heavy atom. The Kier molecular flexibility index (Phi) is 4.18. The number of hydrogen-bond acceptors (Lipinski definition) is 2. The van der Waals surface area contributed by atoms with Gasteiger partial charge in [0.15, 0.2) is 0 Å². The van der Waals surface area contributed by atoms with E-state index in [0.29, 0.717) is 15.7 Å². The van der Waals surface area contributed by atoms with Crippen LogP contribution in [0.15, 0.2) is 57.5 Å². The lowest BCUT2D eigenvalue weighted by molar-refractivity contribution is 0.104. The van der Waals surface area contributed by atoms with Gasteiger partial charge in [0.2, 0.25) is 5.78 Å². The van der Waals surface area contributed by atoms with Gasteiger partial charge in [-0.25, -0.2) is 0 Å². The number of H-pyrrole nitrogens is 1. The molecule has 0 aliphatic rings. The van der Waals surface area contributed by atoms with Crippen LogP contribution in [0.4, 0.5) is 0 Å². The number of carbonyl (C=O) groups is 1. The number of allylic oxidation sites excluding steroid dienone is 1. The number of ketones is 1. The monoisotopic (exact) mass is 419 g/mol. The minimum atomic E-state index is -0.147. The van der Waals surface area contributed by atoms with Gasteiger partial charge < -0.3 is 10.1 Å². The zero-order valence-corrected chi connectivity index (χ0v) is 14.5. The van der Waals surface area contributed by atoms with Crippen LogP contribution in [0, 0.1) is 0 Å². The molecule has 3 aromatic rings. The van der Waals surface area contributed by atoms with Crippen LogP contribution >= 0.6 is 31.9 Å². The second kappa shape index (κ2) is 6.10. The molecule has 3 nitrogen and oxygen atoms in total. The van der Waals surface area contributed by atoms with Crippen LogP contribution in [0.3, 0.4) is 0 Å². The number of aromatic amines is 1. The minimum absolute atomic E-state index is 0.118. The van der Waals surface area contributed by atoms with Crippen molar-refractivity contribution < 1.29 is 9.90 Å². The third kappa shape index (κ3) is 3.00. The summed E-state index contributed by atoms with van der Waals surface area (Å²) in [6, 6.07) is 12.9. The van der Waals surface area contributed by atoms with Crippen LogP contribution in [0.1, 0.15) is 16.1 Å². The maximum atomic E-state index is 12.2. The fourth-order valence-electron chi connectivity index (χ4n) is 2.15. The molecule has 2 N–H and O–H groups in total. The number of rotatable bonds is 3. The van der Waals surface area contributed by atoms with E-state index in [1.807, 2.05) is 24.3 Å². The maximum absolute atomic E-state index is 12.2. The third-order valence-corrected chi connectivity index (χ3v) is 4.42. The number of halogens is 2. The molecule has 0 saturated heterocycles. The van der Waals surface area contributed by atoms with Crippen molar-refractivity contribution in [2.24, 2.45) is 0 Å². The highest BCUT2D eigenvalue weighted by molar-refractivity contribution is 9.10. The summed E-state index contributed by atoms with van der Waals surface area (Å²) in [6.07, 6.45) is 3.05. The number of phenolic OH excluding ortho intramolecular Hbond substituents is 1. The molecule has 110 valence electrons. The lowest BCUT2D eigenvalue weighted by Gasteiger charge is -2.00. The number of aromatic hydroxyl groups is 1. The van der Waals surface area contributed by atoms with Gasteiger partial charge in [0.25, 0.3) is 0 Å². The normalized spacial score (nSPS) is 11.4. The third-order valence-electron chi connectivity index (χ3n) is 3.28. The van der Waals surface area contributed by atoms with Gasteiger partial charge in [-0.05, 0) is 52.3 Å². The summed E-state index contributed by atoms with van der Waals surface area (Å²) in [6.45, 7) is 0. The molecule has 0 saturated carbocycles. The molecule has 22 heavy (non-hydrogen) atoms. The van der Waals surface area contributed by atoms with E-state index in [1.165, 1.54) is 6.08 Å². The highest BCUT2D eigenvalue weighted by atomic mass is 79.9. The molecule has 5 heteroatoms. The standard InChI is InChI=1S/C17H11Br2NO2/c18-12-6-4-11-8-15(20-14(11)9-12)16(21)7-5-10-2-1-3-13(19)17(10)22/h1-9,20,22H/b7-5+. The number of benzene rings is 2. The first kappa shape index (κ1) is 15.1. The van der Waals surface area contributed by atoms with Gasteiger partial charge >= 0.3 is 0 Å². The van der Waals surface area contributed by atoms with E-state index in [2.05, 4.69) is 36.8 Å². The summed E-state index contributed by atoms with van der Waals surface area (Å²) in [5.41, 5.74) is 2.00. The second-order valence-electron chi connectivity index (χ2n) is 4.79. The SMILES string of the molecule is O=C(/C=C/c1cccc(Br)c1O)c1cc2ccc(Br)cc2[nH]1. The van der Waals surface area contributed by atoms with Gasteiger partial charge in [-0.3, -0.25) is 4.79 Å². The molecule has 1 aromatic heterocycles. The van der Waals surface area contributed by atoms with Gasteiger partial charge in [-0.15, -0.1) is 0 Å². The van der Waals surface area contributed by atoms with Crippen molar-refractivity contribution in [3.8, 4) is 5.75 Å². The summed E-state index contributed by atoms with van der Waals surface area (Å²) in [7, 11) is 0. The van der Waals surface area contributed by atoms with Gasteiger partial charge in [0, 0.05) is 20.9 Å². The second-order valence-corrected chi connectivity index (χ2v) is 6.56. The zero-order chi connectivity index (χ0) is 15.7. The summed E-state index contributed by atoms with van der Waals surface area (Å²) >= 11 is 6.65. The zero-order valence-electron chi connectivity index (χ0n) is 11.3. The first-order valence-electron chi connectivity index (χ1n) is 6.53. The van der Waals surface area contributed by atoms with Crippen LogP contribution < -0.4 is 0 Å². The van der Waals surface area contributed by atoms with Crippen molar-refractivity contribution in [1.82, 2.24) is 4.98 Å². The molecule has 0 bridgehead atoms. The molecule has 0 aliphatic heterocycles. The summed E-state index contributed by atoms with van der Waals surface area (Å²) < 4.78 is 1.55. The number of phenols is 1. The Morgan fingerprint density at radius 1 is 1.14 bits per heavy atom. The van der Waals surface area contributed by atoms with Gasteiger partial charge in [-0.1, -0.05) is 34.1 Å². The molecule has 0 unspecified atom stereocenters. The fourth-order valence-corrected chi connectivity index (χ4v) is 2.90. The van der Waals surface area contributed by atoms with Crippen molar-refractivity contribution in [2.75, 3.05) is 0 Å². The van der Waals surface area contributed by atoms with E-state index in [-0.39, 0.29) is 11.5 Å². The van der Waals surface area contributed by atoms with Crippen LogP contribution in [0.5, 0.6) is 5.75 Å². The number of nitrogens with one attached hydrogen (secondary N) is 1. The Balaban J connectivity index is 1.89. The first-order valence-corrected chi connectivity index (χ1v) is 8.11. The number of para-hydroxylation sites is 1. The average Bonchev–Trinajstić information content (AvgIpc) is 2.91. The van der Waals surface area contributed by atoms with Crippen LogP contribution in [-0.2, 0) is 0 Å². The lowest BCUT2D eigenvalue weighted by Crippen LogP contribution is -1.93. The lowest BCUT2D eigenvalue weighted by atomic mass is 10.1. The Morgan fingerprint density at radius 2 is 1.95 bits per heavy atom.